The first-order valence-corrected chi connectivity index (χ1v) is 10.5. The Balaban J connectivity index is 1.76. The maximum Gasteiger partial charge on any atom is 0.416 e. The fraction of sp³-hybridized carbons (Fsp3) is 0.200. The van der Waals surface area contributed by atoms with E-state index >= 15 is 0 Å². The van der Waals surface area contributed by atoms with Gasteiger partial charge in [-0.15, -0.1) is 0 Å². The van der Waals surface area contributed by atoms with Gasteiger partial charge in [-0.3, -0.25) is 4.79 Å². The number of hydrogen-bond acceptors (Lipinski definition) is 3. The number of nitrogens with one attached hydrogen (secondary N) is 1. The number of fused-ring (bicyclic) bond motifs is 1. The van der Waals surface area contributed by atoms with Gasteiger partial charge in [-0.25, -0.2) is 4.68 Å². The number of nitrogens with zero attached hydrogens (tertiary/aromatic N) is 2. The molecule has 1 N–H and O–H groups in total. The fourth-order valence-electron chi connectivity index (χ4n) is 3.18. The topological polar surface area (TPSA) is 46.9 Å². The van der Waals surface area contributed by atoms with Crippen LogP contribution in [0.2, 0.25) is 5.02 Å². The van der Waals surface area contributed by atoms with Crippen molar-refractivity contribution in [3.05, 3.63) is 75.4 Å². The van der Waals surface area contributed by atoms with Gasteiger partial charge in [0, 0.05) is 27.7 Å². The summed E-state index contributed by atoms with van der Waals surface area (Å²) in [6.45, 7) is 0. The summed E-state index contributed by atoms with van der Waals surface area (Å²) in [5.41, 5.74) is -2.06. The molecule has 0 atom stereocenters. The molecule has 0 saturated heterocycles. The van der Waals surface area contributed by atoms with Gasteiger partial charge < -0.3 is 5.32 Å². The third kappa shape index (κ3) is 4.44. The van der Waals surface area contributed by atoms with E-state index in [1.165, 1.54) is 16.4 Å². The van der Waals surface area contributed by atoms with Crippen molar-refractivity contribution < 1.29 is 31.1 Å². The number of benzene rings is 2. The van der Waals surface area contributed by atoms with E-state index in [1.807, 2.05) is 0 Å². The van der Waals surface area contributed by atoms with Crippen LogP contribution >= 0.6 is 23.4 Å². The van der Waals surface area contributed by atoms with Gasteiger partial charge in [-0.2, -0.15) is 43.2 Å². The van der Waals surface area contributed by atoms with Gasteiger partial charge in [0.15, 0.2) is 0 Å². The Morgan fingerprint density at radius 2 is 1.56 bits per heavy atom. The first kappa shape index (κ1) is 22.5. The summed E-state index contributed by atoms with van der Waals surface area (Å²) >= 11 is 7.41. The van der Waals surface area contributed by atoms with Crippen molar-refractivity contribution >= 4 is 35.1 Å². The van der Waals surface area contributed by atoms with Gasteiger partial charge in [0.05, 0.1) is 22.5 Å². The minimum absolute atomic E-state index is 0.0247. The van der Waals surface area contributed by atoms with Gasteiger partial charge in [0.2, 0.25) is 0 Å². The molecule has 1 aliphatic heterocycles. The molecule has 0 fully saturated rings. The molecule has 32 heavy (non-hydrogen) atoms. The first-order chi connectivity index (χ1) is 14.9. The normalized spacial score (nSPS) is 13.8. The number of amides is 1. The molecule has 0 aliphatic carbocycles. The minimum Gasteiger partial charge on any atom is -0.306 e. The van der Waals surface area contributed by atoms with Gasteiger partial charge in [0.1, 0.15) is 5.82 Å². The van der Waals surface area contributed by atoms with Crippen LogP contribution in [0, 0.1) is 0 Å². The summed E-state index contributed by atoms with van der Waals surface area (Å²) in [5, 5.41) is 7.34. The second-order valence-electron chi connectivity index (χ2n) is 6.90. The molecule has 1 amide bonds. The lowest BCUT2D eigenvalue weighted by atomic mass is 10.0. The SMILES string of the molecule is O=C(Nc1c2c(nn1-c1ccc(Cl)cc1)CSC2)c1cc(C(F)(F)F)cc(C(F)(F)F)c1. The highest BCUT2D eigenvalue weighted by molar-refractivity contribution is 7.98. The molecule has 12 heteroatoms. The lowest BCUT2D eigenvalue weighted by Gasteiger charge is -2.15. The Morgan fingerprint density at radius 1 is 0.969 bits per heavy atom. The number of rotatable bonds is 3. The largest absolute Gasteiger partial charge is 0.416 e. The summed E-state index contributed by atoms with van der Waals surface area (Å²) in [4.78, 5) is 12.8. The fourth-order valence-corrected chi connectivity index (χ4v) is 4.34. The van der Waals surface area contributed by atoms with Gasteiger partial charge in [0.25, 0.3) is 5.91 Å². The Hall–Kier alpha value is -2.66. The summed E-state index contributed by atoms with van der Waals surface area (Å²) < 4.78 is 80.3. The van der Waals surface area contributed by atoms with Crippen molar-refractivity contribution in [3.63, 3.8) is 0 Å². The Kier molecular flexibility index (Phi) is 5.66. The van der Waals surface area contributed by atoms with Crippen molar-refractivity contribution in [2.75, 3.05) is 5.32 Å². The Labute approximate surface area is 186 Å². The Bertz CT molecular complexity index is 1160. The van der Waals surface area contributed by atoms with E-state index in [0.29, 0.717) is 45.6 Å². The number of hydrogen-bond donors (Lipinski definition) is 1. The lowest BCUT2D eigenvalue weighted by Crippen LogP contribution is -2.19. The van der Waals surface area contributed by atoms with Crippen LogP contribution in [0.1, 0.15) is 32.7 Å². The van der Waals surface area contributed by atoms with Crippen LogP contribution in [0.15, 0.2) is 42.5 Å². The van der Waals surface area contributed by atoms with E-state index in [-0.39, 0.29) is 11.9 Å². The second kappa shape index (κ2) is 8.04. The predicted octanol–water partition coefficient (Wildman–Crippen LogP) is 6.56. The van der Waals surface area contributed by atoms with E-state index in [9.17, 15) is 31.1 Å². The number of thioether (sulfide) groups is 1. The highest BCUT2D eigenvalue weighted by Crippen LogP contribution is 2.38. The monoisotopic (exact) mass is 491 g/mol. The third-order valence-electron chi connectivity index (χ3n) is 4.70. The van der Waals surface area contributed by atoms with Crippen LogP contribution in [0.5, 0.6) is 0 Å². The zero-order valence-electron chi connectivity index (χ0n) is 15.8. The third-order valence-corrected chi connectivity index (χ3v) is 5.93. The molecule has 2 heterocycles. The summed E-state index contributed by atoms with van der Waals surface area (Å²) in [7, 11) is 0. The van der Waals surface area contributed by atoms with Crippen molar-refractivity contribution in [2.24, 2.45) is 0 Å². The molecular weight excluding hydrogens is 480 g/mol. The summed E-state index contributed by atoms with van der Waals surface area (Å²) in [6.07, 6.45) is -10.1. The van der Waals surface area contributed by atoms with Crippen LogP contribution < -0.4 is 5.32 Å². The van der Waals surface area contributed by atoms with Crippen LogP contribution in [0.3, 0.4) is 0 Å². The second-order valence-corrected chi connectivity index (χ2v) is 8.33. The standard InChI is InChI=1S/C20H12ClF6N3OS/c21-13-1-3-14(4-2-13)30-17(15-8-32-9-16(15)29-30)28-18(31)10-5-11(19(22,23)24)7-12(6-10)20(25,26)27/h1-7H,8-9H2,(H,28,31). The van der Waals surface area contributed by atoms with E-state index in [1.54, 1.807) is 24.3 Å². The lowest BCUT2D eigenvalue weighted by molar-refractivity contribution is -0.143. The Morgan fingerprint density at radius 3 is 2.12 bits per heavy atom. The van der Waals surface area contributed by atoms with Crippen molar-refractivity contribution in [1.29, 1.82) is 0 Å². The molecule has 1 aromatic heterocycles. The molecule has 168 valence electrons. The van der Waals surface area contributed by atoms with Gasteiger partial charge >= 0.3 is 12.4 Å². The molecule has 2 aromatic carbocycles. The number of carbonyl (C=O) groups is 1. The highest BCUT2D eigenvalue weighted by atomic mass is 35.5. The van der Waals surface area contributed by atoms with E-state index in [4.69, 9.17) is 11.6 Å². The van der Waals surface area contributed by atoms with Gasteiger partial charge in [-0.05, 0) is 42.5 Å². The first-order valence-electron chi connectivity index (χ1n) is 8.99. The average Bonchev–Trinajstić information content (AvgIpc) is 3.29. The molecule has 0 bridgehead atoms. The van der Waals surface area contributed by atoms with Crippen LogP contribution in [-0.4, -0.2) is 15.7 Å². The zero-order valence-corrected chi connectivity index (χ0v) is 17.4. The summed E-state index contributed by atoms with van der Waals surface area (Å²) in [6, 6.07) is 7.19. The molecule has 0 saturated carbocycles. The van der Waals surface area contributed by atoms with E-state index in [2.05, 4.69) is 10.4 Å². The molecule has 0 unspecified atom stereocenters. The van der Waals surface area contributed by atoms with Crippen molar-refractivity contribution in [2.45, 2.75) is 23.9 Å². The van der Waals surface area contributed by atoms with Crippen LogP contribution in [0.25, 0.3) is 5.69 Å². The molecule has 4 nitrogen and oxygen atoms in total. The van der Waals surface area contributed by atoms with Crippen molar-refractivity contribution in [3.8, 4) is 5.69 Å². The van der Waals surface area contributed by atoms with Gasteiger partial charge in [-0.1, -0.05) is 11.6 Å². The predicted molar refractivity (Wildman–Crippen MR) is 108 cm³/mol. The average molecular weight is 492 g/mol. The van der Waals surface area contributed by atoms with E-state index < -0.39 is 35.0 Å². The molecule has 1 aliphatic rings. The summed E-state index contributed by atoms with van der Waals surface area (Å²) in [5.74, 6) is 0.106. The minimum atomic E-state index is -5.06. The molecule has 0 radical (unpaired) electrons. The maximum atomic E-state index is 13.1. The van der Waals surface area contributed by atoms with Crippen molar-refractivity contribution in [1.82, 2.24) is 9.78 Å². The quantitative estimate of drug-likeness (QED) is 0.422. The number of anilines is 1. The molecule has 4 rings (SSSR count). The molecule has 0 spiro atoms. The van der Waals surface area contributed by atoms with Crippen LogP contribution in [-0.2, 0) is 23.9 Å². The number of carbonyl (C=O) groups excluding carboxylic acids is 1. The van der Waals surface area contributed by atoms with Crippen LogP contribution in [0.4, 0.5) is 32.2 Å². The number of alkyl halides is 6. The number of aromatic nitrogens is 2. The molecule has 3 aromatic rings. The van der Waals surface area contributed by atoms with E-state index in [0.717, 1.165) is 0 Å². The zero-order chi connectivity index (χ0) is 23.3. The maximum absolute atomic E-state index is 13.1. The molecular formula is C20H12ClF6N3OS. The smallest absolute Gasteiger partial charge is 0.306 e. The number of halogens is 7. The highest BCUT2D eigenvalue weighted by Gasteiger charge is 2.37.